The standard InChI is InChI=1S/C17H12Cl2N2O2S/c1-9-4-16(22)23-15-8-12(2-3-14(9)15)20-17(24)21-13-6-10(18)5-11(19)7-13/h2-8H,1H3,(H2,20,21,24). The highest BCUT2D eigenvalue weighted by Gasteiger charge is 2.06. The van der Waals surface area contributed by atoms with Gasteiger partial charge in [0.1, 0.15) is 5.58 Å². The Morgan fingerprint density at radius 3 is 2.38 bits per heavy atom. The number of rotatable bonds is 2. The minimum Gasteiger partial charge on any atom is -0.423 e. The fourth-order valence-corrected chi connectivity index (χ4v) is 3.08. The molecule has 0 spiro atoms. The Kier molecular flexibility index (Phi) is 4.76. The lowest BCUT2D eigenvalue weighted by atomic mass is 10.1. The molecule has 0 saturated carbocycles. The van der Waals surface area contributed by atoms with Gasteiger partial charge in [0.05, 0.1) is 0 Å². The van der Waals surface area contributed by atoms with E-state index in [2.05, 4.69) is 10.6 Å². The van der Waals surface area contributed by atoms with Gasteiger partial charge in [0.2, 0.25) is 0 Å². The molecule has 0 saturated heterocycles. The maximum Gasteiger partial charge on any atom is 0.336 e. The van der Waals surface area contributed by atoms with Gasteiger partial charge < -0.3 is 15.1 Å². The fraction of sp³-hybridized carbons (Fsp3) is 0.0588. The zero-order valence-electron chi connectivity index (χ0n) is 12.5. The van der Waals surface area contributed by atoms with Crippen LogP contribution in [0, 0.1) is 6.92 Å². The molecule has 0 aliphatic rings. The highest BCUT2D eigenvalue weighted by molar-refractivity contribution is 7.80. The maximum atomic E-state index is 11.5. The van der Waals surface area contributed by atoms with Crippen LogP contribution in [0.4, 0.5) is 11.4 Å². The average Bonchev–Trinajstić information content (AvgIpc) is 2.45. The molecule has 24 heavy (non-hydrogen) atoms. The van der Waals surface area contributed by atoms with Crippen molar-refractivity contribution in [2.45, 2.75) is 6.92 Å². The van der Waals surface area contributed by atoms with E-state index < -0.39 is 0 Å². The molecule has 2 aromatic carbocycles. The van der Waals surface area contributed by atoms with E-state index in [1.165, 1.54) is 6.07 Å². The van der Waals surface area contributed by atoms with Crippen LogP contribution >= 0.6 is 35.4 Å². The topological polar surface area (TPSA) is 54.3 Å². The first-order valence-electron chi connectivity index (χ1n) is 6.99. The van der Waals surface area contributed by atoms with Crippen molar-refractivity contribution in [2.24, 2.45) is 0 Å². The third-order valence-corrected chi connectivity index (χ3v) is 3.97. The second-order valence-electron chi connectivity index (χ2n) is 5.20. The second kappa shape index (κ2) is 6.81. The van der Waals surface area contributed by atoms with E-state index >= 15 is 0 Å². The smallest absolute Gasteiger partial charge is 0.336 e. The van der Waals surface area contributed by atoms with E-state index in [1.54, 1.807) is 24.3 Å². The minimum atomic E-state index is -0.383. The van der Waals surface area contributed by atoms with Crippen LogP contribution in [0.15, 0.2) is 51.7 Å². The molecule has 1 heterocycles. The monoisotopic (exact) mass is 378 g/mol. The van der Waals surface area contributed by atoms with Gasteiger partial charge in [0, 0.05) is 38.9 Å². The molecular weight excluding hydrogens is 367 g/mol. The number of fused-ring (bicyclic) bond motifs is 1. The normalized spacial score (nSPS) is 10.6. The Morgan fingerprint density at radius 1 is 1.00 bits per heavy atom. The van der Waals surface area contributed by atoms with Crippen LogP contribution < -0.4 is 16.3 Å². The van der Waals surface area contributed by atoms with Crippen molar-refractivity contribution >= 4 is 62.9 Å². The molecule has 2 N–H and O–H groups in total. The van der Waals surface area contributed by atoms with Crippen LogP contribution in [0.1, 0.15) is 5.56 Å². The number of nitrogens with one attached hydrogen (secondary N) is 2. The molecule has 122 valence electrons. The molecule has 0 aliphatic carbocycles. The lowest BCUT2D eigenvalue weighted by Crippen LogP contribution is -2.19. The van der Waals surface area contributed by atoms with Crippen molar-refractivity contribution in [3.05, 3.63) is 68.5 Å². The quantitative estimate of drug-likeness (QED) is 0.473. The van der Waals surface area contributed by atoms with E-state index in [0.29, 0.717) is 32.1 Å². The van der Waals surface area contributed by atoms with Crippen LogP contribution in [0.2, 0.25) is 10.0 Å². The molecule has 4 nitrogen and oxygen atoms in total. The number of halogens is 2. The number of anilines is 2. The molecule has 0 amide bonds. The summed E-state index contributed by atoms with van der Waals surface area (Å²) in [5.74, 6) is 0. The van der Waals surface area contributed by atoms with Gasteiger partial charge in [-0.2, -0.15) is 0 Å². The first kappa shape index (κ1) is 16.8. The van der Waals surface area contributed by atoms with Crippen LogP contribution in [0.5, 0.6) is 0 Å². The van der Waals surface area contributed by atoms with E-state index in [4.69, 9.17) is 39.8 Å². The molecule has 0 atom stereocenters. The lowest BCUT2D eigenvalue weighted by Gasteiger charge is -2.12. The Morgan fingerprint density at radius 2 is 1.67 bits per heavy atom. The highest BCUT2D eigenvalue weighted by atomic mass is 35.5. The van der Waals surface area contributed by atoms with E-state index in [9.17, 15) is 4.79 Å². The number of aryl methyl sites for hydroxylation is 1. The van der Waals surface area contributed by atoms with Gasteiger partial charge in [-0.05, 0) is 55.0 Å². The predicted molar refractivity (Wildman–Crippen MR) is 104 cm³/mol. The number of benzene rings is 2. The molecule has 3 aromatic rings. The molecule has 0 fully saturated rings. The molecular formula is C17H12Cl2N2O2S. The Labute approximate surface area is 153 Å². The predicted octanol–water partition coefficient (Wildman–Crippen LogP) is 5.22. The zero-order valence-corrected chi connectivity index (χ0v) is 14.9. The Balaban J connectivity index is 1.81. The van der Waals surface area contributed by atoms with Crippen molar-refractivity contribution in [1.82, 2.24) is 0 Å². The zero-order chi connectivity index (χ0) is 17.3. The Bertz CT molecular complexity index is 981. The number of hydrogen-bond acceptors (Lipinski definition) is 3. The summed E-state index contributed by atoms with van der Waals surface area (Å²) in [5, 5.41) is 8.29. The van der Waals surface area contributed by atoms with Crippen molar-refractivity contribution in [1.29, 1.82) is 0 Å². The van der Waals surface area contributed by atoms with Crippen molar-refractivity contribution in [2.75, 3.05) is 10.6 Å². The van der Waals surface area contributed by atoms with Crippen molar-refractivity contribution in [3.63, 3.8) is 0 Å². The van der Waals surface area contributed by atoms with Gasteiger partial charge in [0.25, 0.3) is 0 Å². The number of hydrogen-bond donors (Lipinski definition) is 2. The fourth-order valence-electron chi connectivity index (χ4n) is 2.32. The van der Waals surface area contributed by atoms with Gasteiger partial charge in [-0.15, -0.1) is 0 Å². The Hall–Kier alpha value is -2.08. The third kappa shape index (κ3) is 3.87. The molecule has 0 bridgehead atoms. The number of thiocarbonyl (C=S) groups is 1. The lowest BCUT2D eigenvalue weighted by molar-refractivity contribution is 0.560. The van der Waals surface area contributed by atoms with E-state index in [-0.39, 0.29) is 5.63 Å². The molecule has 7 heteroatoms. The molecule has 0 radical (unpaired) electrons. The molecule has 1 aromatic heterocycles. The largest absolute Gasteiger partial charge is 0.423 e. The van der Waals surface area contributed by atoms with Gasteiger partial charge in [0.15, 0.2) is 5.11 Å². The maximum absolute atomic E-state index is 11.5. The van der Waals surface area contributed by atoms with Crippen molar-refractivity contribution in [3.8, 4) is 0 Å². The summed E-state index contributed by atoms with van der Waals surface area (Å²) in [5.41, 5.74) is 2.35. The average molecular weight is 379 g/mol. The summed E-state index contributed by atoms with van der Waals surface area (Å²) in [6, 6.07) is 12.0. The van der Waals surface area contributed by atoms with Crippen LogP contribution in [-0.4, -0.2) is 5.11 Å². The van der Waals surface area contributed by atoms with E-state index in [1.807, 2.05) is 19.1 Å². The summed E-state index contributed by atoms with van der Waals surface area (Å²) in [4.78, 5) is 11.5. The summed E-state index contributed by atoms with van der Waals surface area (Å²) in [6.45, 7) is 1.86. The minimum absolute atomic E-state index is 0.364. The van der Waals surface area contributed by atoms with Gasteiger partial charge in [-0.3, -0.25) is 0 Å². The molecule has 0 aliphatic heterocycles. The molecule has 0 unspecified atom stereocenters. The first-order chi connectivity index (χ1) is 11.4. The highest BCUT2D eigenvalue weighted by Crippen LogP contribution is 2.23. The van der Waals surface area contributed by atoms with Gasteiger partial charge >= 0.3 is 5.63 Å². The summed E-state index contributed by atoms with van der Waals surface area (Å²) < 4.78 is 5.22. The van der Waals surface area contributed by atoms with Crippen LogP contribution in [-0.2, 0) is 0 Å². The summed E-state index contributed by atoms with van der Waals surface area (Å²) in [7, 11) is 0. The van der Waals surface area contributed by atoms with E-state index in [0.717, 1.165) is 10.9 Å². The van der Waals surface area contributed by atoms with Crippen LogP contribution in [0.25, 0.3) is 11.0 Å². The van der Waals surface area contributed by atoms with Gasteiger partial charge in [-0.1, -0.05) is 23.2 Å². The second-order valence-corrected chi connectivity index (χ2v) is 6.48. The first-order valence-corrected chi connectivity index (χ1v) is 8.16. The summed E-state index contributed by atoms with van der Waals surface area (Å²) >= 11 is 17.2. The van der Waals surface area contributed by atoms with Gasteiger partial charge in [-0.25, -0.2) is 4.79 Å². The summed E-state index contributed by atoms with van der Waals surface area (Å²) in [6.07, 6.45) is 0. The van der Waals surface area contributed by atoms with Crippen molar-refractivity contribution < 1.29 is 4.42 Å². The van der Waals surface area contributed by atoms with Crippen LogP contribution in [0.3, 0.4) is 0 Å². The molecule has 3 rings (SSSR count). The SMILES string of the molecule is Cc1cc(=O)oc2cc(NC(=S)Nc3cc(Cl)cc(Cl)c3)ccc12. The third-order valence-electron chi connectivity index (χ3n) is 3.33.